The van der Waals surface area contributed by atoms with E-state index >= 15 is 0 Å². The lowest BCUT2D eigenvalue weighted by Gasteiger charge is -2.07. The van der Waals surface area contributed by atoms with Gasteiger partial charge in [0.25, 0.3) is 0 Å². The van der Waals surface area contributed by atoms with Crippen LogP contribution >= 0.6 is 12.2 Å². The zero-order valence-electron chi connectivity index (χ0n) is 7.31. The van der Waals surface area contributed by atoms with Gasteiger partial charge in [-0.1, -0.05) is 12.2 Å². The predicted molar refractivity (Wildman–Crippen MR) is 49.7 cm³/mol. The van der Waals surface area contributed by atoms with Crippen molar-refractivity contribution in [1.82, 2.24) is 4.98 Å². The third kappa shape index (κ3) is 3.12. The molecule has 2 nitrogen and oxygen atoms in total. The van der Waals surface area contributed by atoms with Crippen molar-refractivity contribution in [3.8, 4) is 0 Å². The maximum atomic E-state index is 13.1. The molecule has 0 aliphatic heterocycles. The van der Waals surface area contributed by atoms with E-state index in [0.29, 0.717) is 12.3 Å². The minimum atomic E-state index is -4.60. The van der Waals surface area contributed by atoms with Crippen molar-refractivity contribution >= 4 is 17.2 Å². The summed E-state index contributed by atoms with van der Waals surface area (Å²) in [4.78, 5) is 3.30. The van der Waals surface area contributed by atoms with E-state index < -0.39 is 17.6 Å². The topological polar surface area (TPSA) is 38.9 Å². The Labute approximate surface area is 88.1 Å². The molecule has 1 rings (SSSR count). The second-order valence-corrected chi connectivity index (χ2v) is 3.32. The Bertz CT molecular complexity index is 389. The van der Waals surface area contributed by atoms with Crippen LogP contribution in [0.4, 0.5) is 17.6 Å². The van der Waals surface area contributed by atoms with E-state index in [2.05, 4.69) is 17.2 Å². The average molecular weight is 238 g/mol. The monoisotopic (exact) mass is 238 g/mol. The van der Waals surface area contributed by atoms with Crippen molar-refractivity contribution in [3.63, 3.8) is 0 Å². The quantitative estimate of drug-likeness (QED) is 0.633. The molecule has 15 heavy (non-hydrogen) atoms. The number of hydrogen-bond donors (Lipinski definition) is 1. The van der Waals surface area contributed by atoms with Gasteiger partial charge in [0.15, 0.2) is 0 Å². The number of thiocarbonyl (C=S) groups is 1. The van der Waals surface area contributed by atoms with Crippen molar-refractivity contribution in [1.29, 1.82) is 0 Å². The maximum Gasteiger partial charge on any atom is 0.417 e. The highest BCUT2D eigenvalue weighted by Gasteiger charge is 2.31. The number of aromatic nitrogens is 1. The van der Waals surface area contributed by atoms with Crippen LogP contribution in [0.5, 0.6) is 0 Å². The average Bonchev–Trinajstić information content (AvgIpc) is 2.05. The Morgan fingerprint density at radius 1 is 1.47 bits per heavy atom. The number of hydrogen-bond acceptors (Lipinski definition) is 2. The van der Waals surface area contributed by atoms with Crippen molar-refractivity contribution < 1.29 is 17.6 Å². The fourth-order valence-electron chi connectivity index (χ4n) is 0.916. The highest BCUT2D eigenvalue weighted by atomic mass is 32.1. The van der Waals surface area contributed by atoms with E-state index in [-0.39, 0.29) is 17.1 Å². The van der Waals surface area contributed by atoms with Crippen LogP contribution in [0.15, 0.2) is 12.3 Å². The molecule has 0 fully saturated rings. The molecule has 1 aromatic heterocycles. The first kappa shape index (κ1) is 11.8. The first-order chi connectivity index (χ1) is 6.80. The Morgan fingerprint density at radius 3 is 2.47 bits per heavy atom. The van der Waals surface area contributed by atoms with E-state index in [1.807, 2.05) is 0 Å². The highest BCUT2D eigenvalue weighted by molar-refractivity contribution is 7.80. The summed E-state index contributed by atoms with van der Waals surface area (Å²) >= 11 is 4.49. The fourth-order valence-corrected chi connectivity index (χ4v) is 1.05. The lowest BCUT2D eigenvalue weighted by molar-refractivity contribution is -0.138. The van der Waals surface area contributed by atoms with Crippen LogP contribution in [0.1, 0.15) is 11.3 Å². The van der Waals surface area contributed by atoms with E-state index in [4.69, 9.17) is 5.73 Å². The fraction of sp³-hybridized carbons (Fsp3) is 0.250. The summed E-state index contributed by atoms with van der Waals surface area (Å²) in [6.45, 7) is 0. The molecule has 0 aliphatic carbocycles. The molecule has 0 aromatic carbocycles. The van der Waals surface area contributed by atoms with Gasteiger partial charge in [0.2, 0.25) is 0 Å². The number of nitrogens with zero attached hydrogens (tertiary/aromatic N) is 1. The minimum Gasteiger partial charge on any atom is -0.393 e. The molecule has 7 heteroatoms. The molecule has 1 heterocycles. The van der Waals surface area contributed by atoms with Crippen molar-refractivity contribution in [2.24, 2.45) is 5.73 Å². The van der Waals surface area contributed by atoms with Gasteiger partial charge in [-0.25, -0.2) is 4.39 Å². The SMILES string of the molecule is NC(=S)Cc1ncc(C(F)(F)F)cc1F. The lowest BCUT2D eigenvalue weighted by Crippen LogP contribution is -2.15. The number of nitrogens with two attached hydrogens (primary N) is 1. The molecular weight excluding hydrogens is 232 g/mol. The van der Waals surface area contributed by atoms with E-state index in [1.54, 1.807) is 0 Å². The molecule has 0 bridgehead atoms. The number of rotatable bonds is 2. The van der Waals surface area contributed by atoms with Crippen LogP contribution in [0, 0.1) is 5.82 Å². The van der Waals surface area contributed by atoms with Crippen molar-refractivity contribution in [2.75, 3.05) is 0 Å². The second-order valence-electron chi connectivity index (χ2n) is 2.79. The number of alkyl halides is 3. The van der Waals surface area contributed by atoms with Crippen LogP contribution in [-0.4, -0.2) is 9.97 Å². The number of pyridine rings is 1. The van der Waals surface area contributed by atoms with E-state index in [0.717, 1.165) is 0 Å². The summed E-state index contributed by atoms with van der Waals surface area (Å²) in [5.74, 6) is -1.06. The van der Waals surface area contributed by atoms with Crippen molar-refractivity contribution in [3.05, 3.63) is 29.3 Å². The van der Waals surface area contributed by atoms with Crippen LogP contribution in [-0.2, 0) is 12.6 Å². The molecule has 0 amide bonds. The zero-order valence-corrected chi connectivity index (χ0v) is 8.12. The summed E-state index contributed by atoms with van der Waals surface area (Å²) in [6.07, 6.45) is -4.20. The van der Waals surface area contributed by atoms with Gasteiger partial charge in [0, 0.05) is 12.6 Å². The maximum absolute atomic E-state index is 13.1. The largest absolute Gasteiger partial charge is 0.417 e. The van der Waals surface area contributed by atoms with Gasteiger partial charge in [-0.3, -0.25) is 4.98 Å². The molecule has 0 saturated heterocycles. The van der Waals surface area contributed by atoms with E-state index in [9.17, 15) is 17.6 Å². The van der Waals surface area contributed by atoms with Gasteiger partial charge in [0.1, 0.15) is 5.82 Å². The molecule has 0 aliphatic rings. The Hall–Kier alpha value is -1.24. The van der Waals surface area contributed by atoms with E-state index in [1.165, 1.54) is 0 Å². The van der Waals surface area contributed by atoms with Crippen LogP contribution < -0.4 is 5.73 Å². The molecule has 2 N–H and O–H groups in total. The Balaban J connectivity index is 3.03. The Kier molecular flexibility index (Phi) is 3.23. The van der Waals surface area contributed by atoms with Crippen LogP contribution in [0.25, 0.3) is 0 Å². The van der Waals surface area contributed by atoms with Gasteiger partial charge < -0.3 is 5.73 Å². The van der Waals surface area contributed by atoms with Crippen LogP contribution in [0.2, 0.25) is 0 Å². The third-order valence-corrected chi connectivity index (χ3v) is 1.73. The summed E-state index contributed by atoms with van der Waals surface area (Å²) in [5.41, 5.74) is 3.80. The molecule has 0 atom stereocenters. The summed E-state index contributed by atoms with van der Waals surface area (Å²) < 4.78 is 49.4. The minimum absolute atomic E-state index is 0.0267. The number of halogens is 4. The van der Waals surface area contributed by atoms with Gasteiger partial charge in [-0.05, 0) is 6.07 Å². The normalized spacial score (nSPS) is 11.5. The van der Waals surface area contributed by atoms with Gasteiger partial charge in [0.05, 0.1) is 16.2 Å². The van der Waals surface area contributed by atoms with Crippen LogP contribution in [0.3, 0.4) is 0 Å². The molecule has 0 saturated carbocycles. The second kappa shape index (κ2) is 4.09. The molecule has 82 valence electrons. The molecule has 1 aromatic rings. The smallest absolute Gasteiger partial charge is 0.393 e. The van der Waals surface area contributed by atoms with Gasteiger partial charge >= 0.3 is 6.18 Å². The summed E-state index contributed by atoms with van der Waals surface area (Å²) in [5, 5.41) is 0. The third-order valence-electron chi connectivity index (χ3n) is 1.59. The molecular formula is C8H6F4N2S. The lowest BCUT2D eigenvalue weighted by atomic mass is 10.2. The first-order valence-corrected chi connectivity index (χ1v) is 4.21. The standard InChI is InChI=1S/C8H6F4N2S/c9-5-1-4(8(10,11)12)3-14-6(5)2-7(13)15/h1,3H,2H2,(H2,13,15). The van der Waals surface area contributed by atoms with Gasteiger partial charge in [-0.15, -0.1) is 0 Å². The zero-order chi connectivity index (χ0) is 11.6. The summed E-state index contributed by atoms with van der Waals surface area (Å²) in [6, 6.07) is 0.376. The molecule has 0 unspecified atom stereocenters. The highest BCUT2D eigenvalue weighted by Crippen LogP contribution is 2.29. The van der Waals surface area contributed by atoms with Crippen molar-refractivity contribution in [2.45, 2.75) is 12.6 Å². The first-order valence-electron chi connectivity index (χ1n) is 3.80. The predicted octanol–water partition coefficient (Wildman–Crippen LogP) is 2.07. The summed E-state index contributed by atoms with van der Waals surface area (Å²) in [7, 11) is 0. The van der Waals surface area contributed by atoms with Gasteiger partial charge in [-0.2, -0.15) is 13.2 Å². The molecule has 0 spiro atoms. The Morgan fingerprint density at radius 2 is 2.07 bits per heavy atom. The molecule has 0 radical (unpaired) electrons.